The number of carbonyl (C=O) groups excluding carboxylic acids is 2. The number of carbonyl (C=O) groups is 2. The van der Waals surface area contributed by atoms with Crippen LogP contribution in [0.1, 0.15) is 26.7 Å². The molecule has 0 radical (unpaired) electrons. The molecule has 0 aromatic carbocycles. The molecule has 0 saturated heterocycles. The van der Waals surface area contributed by atoms with E-state index in [-0.39, 0.29) is 0 Å². The van der Waals surface area contributed by atoms with E-state index in [9.17, 15) is 9.59 Å². The molecule has 0 heterocycles. The first-order chi connectivity index (χ1) is 6.72. The molecule has 0 rings (SSSR count). The van der Waals surface area contributed by atoms with Gasteiger partial charge in [0.15, 0.2) is 0 Å². The lowest BCUT2D eigenvalue weighted by Crippen LogP contribution is -2.15. The van der Waals surface area contributed by atoms with Gasteiger partial charge in [-0.15, -0.1) is 0 Å². The molecule has 0 aromatic rings. The Hall–Kier alpha value is -1.32. The third-order valence-corrected chi connectivity index (χ3v) is 1.41. The van der Waals surface area contributed by atoms with Crippen molar-refractivity contribution in [3.8, 4) is 0 Å². The molecule has 0 N–H and O–H groups in total. The fourth-order valence-corrected chi connectivity index (χ4v) is 0.655. The van der Waals surface area contributed by atoms with Crippen molar-refractivity contribution >= 4 is 11.8 Å². The van der Waals surface area contributed by atoms with Gasteiger partial charge in [0.05, 0.1) is 19.5 Å². The van der Waals surface area contributed by atoms with Crippen molar-refractivity contribution in [1.82, 2.24) is 0 Å². The predicted octanol–water partition coefficient (Wildman–Crippen LogP) is 1.45. The summed E-state index contributed by atoms with van der Waals surface area (Å²) in [5.41, 5.74) is 0. The molecule has 0 aliphatic rings. The van der Waals surface area contributed by atoms with E-state index in [2.05, 4.69) is 4.74 Å². The second kappa shape index (κ2) is 8.29. The van der Waals surface area contributed by atoms with Crippen LogP contribution >= 0.6 is 0 Å². The van der Waals surface area contributed by atoms with Crippen LogP contribution in [0.5, 0.6) is 0 Å². The van der Waals surface area contributed by atoms with Gasteiger partial charge in [-0.1, -0.05) is 13.3 Å². The third kappa shape index (κ3) is 6.22. The van der Waals surface area contributed by atoms with E-state index in [1.165, 1.54) is 6.26 Å². The highest BCUT2D eigenvalue weighted by Gasteiger charge is 2.10. The molecule has 4 nitrogen and oxygen atoms in total. The fraction of sp³-hybridized carbons (Fsp3) is 0.600. The van der Waals surface area contributed by atoms with E-state index in [1.54, 1.807) is 6.92 Å². The van der Waals surface area contributed by atoms with Crippen molar-refractivity contribution in [2.24, 2.45) is 0 Å². The molecule has 14 heavy (non-hydrogen) atoms. The van der Waals surface area contributed by atoms with Crippen molar-refractivity contribution in [3.05, 3.63) is 12.3 Å². The lowest BCUT2D eigenvalue weighted by Gasteiger charge is -1.99. The van der Waals surface area contributed by atoms with Gasteiger partial charge in [-0.05, 0) is 13.3 Å². The van der Waals surface area contributed by atoms with Gasteiger partial charge in [0.2, 0.25) is 0 Å². The van der Waals surface area contributed by atoms with Crippen LogP contribution in [0.15, 0.2) is 12.3 Å². The van der Waals surface area contributed by atoms with E-state index in [1.807, 2.05) is 6.92 Å². The Bertz CT molecular complexity index is 208. The van der Waals surface area contributed by atoms with Gasteiger partial charge >= 0.3 is 5.97 Å². The maximum absolute atomic E-state index is 11.0. The highest BCUT2D eigenvalue weighted by atomic mass is 16.5. The Kier molecular flexibility index (Phi) is 7.50. The Morgan fingerprint density at radius 1 is 1.29 bits per heavy atom. The largest absolute Gasteiger partial charge is 0.501 e. The van der Waals surface area contributed by atoms with Gasteiger partial charge in [0.25, 0.3) is 5.78 Å². The average molecular weight is 200 g/mol. The first-order valence-corrected chi connectivity index (χ1v) is 4.71. The maximum Gasteiger partial charge on any atom is 0.379 e. The molecular weight excluding hydrogens is 184 g/mol. The zero-order valence-electron chi connectivity index (χ0n) is 8.62. The topological polar surface area (TPSA) is 52.6 Å². The van der Waals surface area contributed by atoms with Gasteiger partial charge in [-0.25, -0.2) is 4.79 Å². The Morgan fingerprint density at radius 3 is 2.57 bits per heavy atom. The van der Waals surface area contributed by atoms with Crippen LogP contribution in [0.4, 0.5) is 0 Å². The first-order valence-electron chi connectivity index (χ1n) is 4.71. The smallest absolute Gasteiger partial charge is 0.379 e. The molecule has 0 saturated carbocycles. The van der Waals surface area contributed by atoms with Gasteiger partial charge in [0.1, 0.15) is 0 Å². The second-order valence-corrected chi connectivity index (χ2v) is 2.61. The number of esters is 1. The van der Waals surface area contributed by atoms with Crippen molar-refractivity contribution in [3.63, 3.8) is 0 Å². The summed E-state index contributed by atoms with van der Waals surface area (Å²) in [6.07, 6.45) is 3.96. The minimum Gasteiger partial charge on any atom is -0.501 e. The quantitative estimate of drug-likeness (QED) is 0.205. The molecule has 4 heteroatoms. The fourth-order valence-electron chi connectivity index (χ4n) is 0.655. The first kappa shape index (κ1) is 12.7. The van der Waals surface area contributed by atoms with E-state index < -0.39 is 11.8 Å². The second-order valence-electron chi connectivity index (χ2n) is 2.61. The molecule has 0 unspecified atom stereocenters. The standard InChI is InChI=1S/C10H16O4/c1-3-5-7-14-10(12)9(11)6-8-13-4-2/h6,8H,3-5,7H2,1-2H3. The summed E-state index contributed by atoms with van der Waals surface area (Å²) in [7, 11) is 0. The molecule has 0 bridgehead atoms. The number of hydrogen-bond donors (Lipinski definition) is 0. The molecular formula is C10H16O4. The summed E-state index contributed by atoms with van der Waals surface area (Å²) >= 11 is 0. The van der Waals surface area contributed by atoms with Crippen molar-refractivity contribution < 1.29 is 19.1 Å². The highest BCUT2D eigenvalue weighted by molar-refractivity contribution is 6.38. The summed E-state index contributed by atoms with van der Waals surface area (Å²) in [4.78, 5) is 21.9. The molecule has 0 spiro atoms. The van der Waals surface area contributed by atoms with Gasteiger partial charge in [-0.2, -0.15) is 0 Å². The van der Waals surface area contributed by atoms with E-state index >= 15 is 0 Å². The minimum atomic E-state index is -0.825. The highest BCUT2D eigenvalue weighted by Crippen LogP contribution is 1.91. The summed E-state index contributed by atoms with van der Waals surface area (Å²) in [5.74, 6) is -1.51. The molecule has 0 aliphatic carbocycles. The van der Waals surface area contributed by atoms with Crippen LogP contribution in [0, 0.1) is 0 Å². The lowest BCUT2D eigenvalue weighted by molar-refractivity contribution is -0.151. The zero-order chi connectivity index (χ0) is 10.8. The molecule has 0 amide bonds. The van der Waals surface area contributed by atoms with Crippen LogP contribution in [0.3, 0.4) is 0 Å². The number of hydrogen-bond acceptors (Lipinski definition) is 4. The SMILES string of the molecule is CCCCOC(=O)C(=O)C=COCC. The minimum absolute atomic E-state index is 0.295. The van der Waals surface area contributed by atoms with E-state index in [0.717, 1.165) is 18.9 Å². The number of rotatable bonds is 7. The summed E-state index contributed by atoms with van der Waals surface area (Å²) in [5, 5.41) is 0. The van der Waals surface area contributed by atoms with Crippen LogP contribution in [-0.4, -0.2) is 25.0 Å². The molecule has 0 fully saturated rings. The average Bonchev–Trinajstić information content (AvgIpc) is 2.18. The lowest BCUT2D eigenvalue weighted by atomic mass is 10.3. The summed E-state index contributed by atoms with van der Waals surface area (Å²) in [6.45, 7) is 4.53. The zero-order valence-corrected chi connectivity index (χ0v) is 8.62. The Balaban J connectivity index is 3.71. The van der Waals surface area contributed by atoms with Crippen molar-refractivity contribution in [2.45, 2.75) is 26.7 Å². The van der Waals surface area contributed by atoms with Crippen molar-refractivity contribution in [2.75, 3.05) is 13.2 Å². The predicted molar refractivity (Wildman–Crippen MR) is 51.6 cm³/mol. The number of unbranched alkanes of at least 4 members (excludes halogenated alkanes) is 1. The molecule has 0 aliphatic heterocycles. The van der Waals surface area contributed by atoms with Crippen molar-refractivity contribution in [1.29, 1.82) is 0 Å². The normalized spacial score (nSPS) is 10.1. The van der Waals surface area contributed by atoms with Crippen LogP contribution in [0.25, 0.3) is 0 Å². The van der Waals surface area contributed by atoms with Gasteiger partial charge in [-0.3, -0.25) is 4.79 Å². The maximum atomic E-state index is 11.0. The van der Waals surface area contributed by atoms with Crippen LogP contribution in [-0.2, 0) is 19.1 Å². The summed E-state index contributed by atoms with van der Waals surface area (Å²) < 4.78 is 9.45. The number of ketones is 1. The van der Waals surface area contributed by atoms with Crippen LogP contribution in [0.2, 0.25) is 0 Å². The Morgan fingerprint density at radius 2 is 2.00 bits per heavy atom. The number of ether oxygens (including phenoxy) is 2. The van der Waals surface area contributed by atoms with E-state index in [0.29, 0.717) is 13.2 Å². The monoisotopic (exact) mass is 200 g/mol. The molecule has 0 aromatic heterocycles. The third-order valence-electron chi connectivity index (χ3n) is 1.41. The Labute approximate surface area is 83.9 Å². The molecule has 80 valence electrons. The van der Waals surface area contributed by atoms with Crippen LogP contribution < -0.4 is 0 Å². The van der Waals surface area contributed by atoms with E-state index in [4.69, 9.17) is 4.74 Å². The van der Waals surface area contributed by atoms with Gasteiger partial charge in [0, 0.05) is 6.08 Å². The van der Waals surface area contributed by atoms with Gasteiger partial charge < -0.3 is 9.47 Å². The summed E-state index contributed by atoms with van der Waals surface area (Å²) in [6, 6.07) is 0. The molecule has 0 atom stereocenters.